The second kappa shape index (κ2) is 12.0. The first-order chi connectivity index (χ1) is 21.2. The van der Waals surface area contributed by atoms with Crippen molar-refractivity contribution in [3.05, 3.63) is 93.5 Å². The van der Waals surface area contributed by atoms with Gasteiger partial charge >= 0.3 is 11.6 Å². The fraction of sp³-hybridized carbons (Fsp3) is 0.214. The summed E-state index contributed by atoms with van der Waals surface area (Å²) in [6.07, 6.45) is 0. The minimum absolute atomic E-state index is 0.136. The van der Waals surface area contributed by atoms with Crippen LogP contribution in [0.3, 0.4) is 0 Å². The number of fused-ring (bicyclic) bond motifs is 2. The summed E-state index contributed by atoms with van der Waals surface area (Å²) in [6, 6.07) is 14.1. The van der Waals surface area contributed by atoms with E-state index < -0.39 is 46.8 Å². The number of amides is 3. The molecule has 4 heterocycles. The molecule has 0 spiro atoms. The van der Waals surface area contributed by atoms with Gasteiger partial charge in [-0.05, 0) is 33.7 Å². The monoisotopic (exact) mass is 633 g/mol. The van der Waals surface area contributed by atoms with Crippen molar-refractivity contribution in [2.24, 2.45) is 7.05 Å². The highest BCUT2D eigenvalue weighted by atomic mass is 32.2. The van der Waals surface area contributed by atoms with Crippen LogP contribution in [0.2, 0.25) is 0 Å². The number of thioether (sulfide) groups is 2. The molecule has 1 saturated heterocycles. The number of carbonyl (C=O) groups excluding carboxylic acids is 3. The molecular weight excluding hydrogens is 610 g/mol. The minimum atomic E-state index is -1.27. The molecule has 2 aliphatic heterocycles. The maximum atomic E-state index is 13.6. The summed E-state index contributed by atoms with van der Waals surface area (Å²) in [5.41, 5.74) is -0.0470. The number of aryl methyl sites for hydroxylation is 1. The summed E-state index contributed by atoms with van der Waals surface area (Å²) in [4.78, 5) is 66.1. The van der Waals surface area contributed by atoms with Gasteiger partial charge in [-0.2, -0.15) is 0 Å². The average molecular weight is 634 g/mol. The molecule has 3 atom stereocenters. The Kier molecular flexibility index (Phi) is 7.92. The second-order valence-corrected chi connectivity index (χ2v) is 11.9. The molecule has 224 valence electrons. The van der Waals surface area contributed by atoms with Crippen molar-refractivity contribution in [2.45, 2.75) is 22.6 Å². The molecule has 1 unspecified atom stereocenters. The van der Waals surface area contributed by atoms with Gasteiger partial charge in [-0.3, -0.25) is 19.3 Å². The van der Waals surface area contributed by atoms with Crippen molar-refractivity contribution in [1.82, 2.24) is 35.7 Å². The van der Waals surface area contributed by atoms with Crippen LogP contribution < -0.4 is 16.3 Å². The van der Waals surface area contributed by atoms with E-state index >= 15 is 0 Å². The number of hydrogen-bond donors (Lipinski definition) is 3. The molecule has 14 nitrogen and oxygen atoms in total. The van der Waals surface area contributed by atoms with Gasteiger partial charge in [0.2, 0.25) is 11.1 Å². The first kappa shape index (κ1) is 29.1. The van der Waals surface area contributed by atoms with E-state index in [9.17, 15) is 29.1 Å². The molecule has 0 saturated carbocycles. The van der Waals surface area contributed by atoms with Gasteiger partial charge in [-0.15, -0.1) is 16.9 Å². The molecule has 6 rings (SSSR count). The van der Waals surface area contributed by atoms with E-state index in [-0.39, 0.29) is 17.0 Å². The van der Waals surface area contributed by atoms with E-state index in [0.29, 0.717) is 33.0 Å². The Balaban J connectivity index is 1.21. The highest BCUT2D eigenvalue weighted by Gasteiger charge is 2.54. The van der Waals surface area contributed by atoms with E-state index in [1.807, 2.05) is 0 Å². The van der Waals surface area contributed by atoms with Gasteiger partial charge in [-0.1, -0.05) is 60.3 Å². The van der Waals surface area contributed by atoms with Crippen molar-refractivity contribution in [3.8, 4) is 0 Å². The van der Waals surface area contributed by atoms with Crippen LogP contribution in [0.5, 0.6) is 0 Å². The number of nitrogens with zero attached hydrogens (tertiary/aromatic N) is 5. The molecule has 2 aromatic carbocycles. The average Bonchev–Trinajstić information content (AvgIpc) is 3.44. The molecule has 0 radical (unpaired) electrons. The molecule has 3 N–H and O–H groups in total. The quantitative estimate of drug-likeness (QED) is 0.136. The summed E-state index contributed by atoms with van der Waals surface area (Å²) in [5, 5.41) is 26.8. The van der Waals surface area contributed by atoms with Crippen molar-refractivity contribution in [3.63, 3.8) is 0 Å². The van der Waals surface area contributed by atoms with Gasteiger partial charge < -0.3 is 20.2 Å². The van der Waals surface area contributed by atoms with Gasteiger partial charge in [0.05, 0.1) is 0 Å². The predicted molar refractivity (Wildman–Crippen MR) is 158 cm³/mol. The Morgan fingerprint density at radius 1 is 1.14 bits per heavy atom. The van der Waals surface area contributed by atoms with Gasteiger partial charge in [0.1, 0.15) is 34.3 Å². The summed E-state index contributed by atoms with van der Waals surface area (Å²) >= 11 is 2.56. The van der Waals surface area contributed by atoms with Crippen LogP contribution >= 0.6 is 23.5 Å². The van der Waals surface area contributed by atoms with Crippen molar-refractivity contribution in [1.29, 1.82) is 0 Å². The third-order valence-electron chi connectivity index (χ3n) is 7.06. The lowest BCUT2D eigenvalue weighted by molar-refractivity contribution is -0.151. The van der Waals surface area contributed by atoms with Crippen LogP contribution in [0.1, 0.15) is 22.0 Å². The first-order valence-corrected chi connectivity index (χ1v) is 15.2. The Morgan fingerprint density at radius 3 is 2.61 bits per heavy atom. The lowest BCUT2D eigenvalue weighted by Gasteiger charge is -2.49. The smallest absolute Gasteiger partial charge is 0.352 e. The summed E-state index contributed by atoms with van der Waals surface area (Å²) in [5.74, 6) is -2.84. The maximum Gasteiger partial charge on any atom is 0.352 e. The lowest BCUT2D eigenvalue weighted by Crippen LogP contribution is -2.71. The number of carbonyl (C=O) groups is 4. The molecule has 16 heteroatoms. The second-order valence-electron chi connectivity index (χ2n) is 9.83. The van der Waals surface area contributed by atoms with E-state index in [4.69, 9.17) is 4.42 Å². The predicted octanol–water partition coefficient (Wildman–Crippen LogP) is 1.32. The van der Waals surface area contributed by atoms with Crippen LogP contribution in [0, 0.1) is 0 Å². The van der Waals surface area contributed by atoms with E-state index in [0.717, 1.165) is 0 Å². The largest absolute Gasteiger partial charge is 0.477 e. The fourth-order valence-electron chi connectivity index (χ4n) is 4.90. The standard InChI is InChI=1S/C28H23N7O7S2/c1-34-28(31-32-33-34)44-13-16-12-43-25-20(24(38)35(25)21(16)26(39)40)30-23(37)19(14-7-3-2-4-8-14)29-22(36)17-11-15-9-5-6-10-18(15)42-27(17)41/h2-11,19-20,25H,12-13H2,1H3,(H,29,36)(H,30,37)(H,39,40)/t19?,20-,25-/m1/s1. The Hall–Kier alpha value is -4.96. The topological polar surface area (TPSA) is 190 Å². The summed E-state index contributed by atoms with van der Waals surface area (Å²) in [6.45, 7) is 0. The van der Waals surface area contributed by atoms with Crippen LogP contribution in [0.25, 0.3) is 11.0 Å². The molecule has 2 aromatic heterocycles. The molecular formula is C28H23N7O7S2. The minimum Gasteiger partial charge on any atom is -0.477 e. The molecule has 3 amide bonds. The van der Waals surface area contributed by atoms with Gasteiger partial charge in [0.15, 0.2) is 0 Å². The van der Waals surface area contributed by atoms with Crippen LogP contribution in [-0.4, -0.2) is 76.8 Å². The van der Waals surface area contributed by atoms with Crippen molar-refractivity contribution >= 4 is 58.2 Å². The molecule has 2 aliphatic rings. The molecule has 4 aromatic rings. The Bertz CT molecular complexity index is 1890. The number of benzene rings is 2. The van der Waals surface area contributed by atoms with Crippen LogP contribution in [0.15, 0.2) is 86.3 Å². The summed E-state index contributed by atoms with van der Waals surface area (Å²) in [7, 11) is 1.66. The third-order valence-corrected chi connectivity index (χ3v) is 9.50. The highest BCUT2D eigenvalue weighted by Crippen LogP contribution is 2.41. The number of tetrazole rings is 1. The number of hydrogen-bond acceptors (Lipinski definition) is 11. The zero-order chi connectivity index (χ0) is 31.0. The molecule has 0 aliphatic carbocycles. The van der Waals surface area contributed by atoms with Gasteiger partial charge in [0.25, 0.3) is 11.8 Å². The van der Waals surface area contributed by atoms with Crippen molar-refractivity contribution in [2.75, 3.05) is 11.5 Å². The van der Waals surface area contributed by atoms with E-state index in [1.165, 1.54) is 39.2 Å². The SMILES string of the molecule is Cn1nnnc1SCC1=C(C(=O)O)N2C(=O)[C@@H](NC(=O)C(NC(=O)c3cc4ccccc4oc3=O)c3ccccc3)[C@H]2SC1. The summed E-state index contributed by atoms with van der Waals surface area (Å²) < 4.78 is 6.73. The highest BCUT2D eigenvalue weighted by molar-refractivity contribution is 8.01. The Morgan fingerprint density at radius 2 is 1.89 bits per heavy atom. The number of aliphatic carboxylic acids is 1. The lowest BCUT2D eigenvalue weighted by atomic mass is 10.0. The number of aromatic nitrogens is 4. The molecule has 1 fully saturated rings. The third kappa shape index (κ3) is 5.44. The number of β-lactam (4-membered cyclic amide) rings is 1. The van der Waals surface area contributed by atoms with Crippen LogP contribution in [-0.2, 0) is 21.4 Å². The zero-order valence-corrected chi connectivity index (χ0v) is 24.5. The van der Waals surface area contributed by atoms with Crippen molar-refractivity contribution < 1.29 is 28.7 Å². The van der Waals surface area contributed by atoms with Gasteiger partial charge in [-0.25, -0.2) is 14.3 Å². The number of para-hydroxylation sites is 1. The Labute approximate surface area is 256 Å². The van der Waals surface area contributed by atoms with E-state index in [2.05, 4.69) is 26.2 Å². The maximum absolute atomic E-state index is 13.6. The number of carboxylic acids is 1. The zero-order valence-electron chi connectivity index (χ0n) is 22.9. The number of nitrogens with one attached hydrogen (secondary N) is 2. The number of carboxylic acid groups (broad SMARTS) is 1. The fourth-order valence-corrected chi connectivity index (χ4v) is 7.24. The normalized spacial score (nSPS) is 18.4. The van der Waals surface area contributed by atoms with E-state index in [1.54, 1.807) is 61.6 Å². The molecule has 44 heavy (non-hydrogen) atoms. The number of rotatable bonds is 9. The van der Waals surface area contributed by atoms with Gasteiger partial charge in [0, 0.05) is 23.9 Å². The molecule has 0 bridgehead atoms. The first-order valence-electron chi connectivity index (χ1n) is 13.2. The van der Waals surface area contributed by atoms with Crippen LogP contribution in [0.4, 0.5) is 0 Å².